The van der Waals surface area contributed by atoms with E-state index in [2.05, 4.69) is 97.3 Å². The lowest BCUT2D eigenvalue weighted by molar-refractivity contribution is 0.0976. The largest absolute Gasteiger partial charge is 0.355 e. The van der Waals surface area contributed by atoms with Crippen molar-refractivity contribution in [3.8, 4) is 0 Å². The van der Waals surface area contributed by atoms with Crippen LogP contribution in [0.1, 0.15) is 43.0 Å². The van der Waals surface area contributed by atoms with Crippen LogP contribution < -0.4 is 10.6 Å². The lowest BCUT2D eigenvalue weighted by Gasteiger charge is -2.27. The van der Waals surface area contributed by atoms with E-state index in [9.17, 15) is 0 Å². The molecule has 8 aromatic rings. The molecule has 0 aliphatic heterocycles. The summed E-state index contributed by atoms with van der Waals surface area (Å²) in [7, 11) is 0. The van der Waals surface area contributed by atoms with Gasteiger partial charge in [0.15, 0.2) is 11.6 Å². The Balaban J connectivity index is 1.22. The molecule has 6 heteroatoms. The zero-order valence-corrected chi connectivity index (χ0v) is 31.3. The summed E-state index contributed by atoms with van der Waals surface area (Å²) < 4.78 is 0. The Kier molecular flexibility index (Phi) is 8.78. The standard InChI is InChI=1S/C48H34N2O2S2/c1-29-14-16-33-27-37(20-18-32(33)25-29)53-41-23-21-39(49-35-9-5-3-6-10-35)43-45(41)47(51)44-40(50-36-11-7-4-8-12-36)22-24-42(46(44)48(43)52)54-38-19-17-31-15-13-30(2)26-34(31)28-38/h3-28,49-50H,1-2H3. The number of benzene rings is 8. The van der Waals surface area contributed by atoms with Crippen molar-refractivity contribution in [3.63, 3.8) is 0 Å². The molecule has 1 aliphatic carbocycles. The van der Waals surface area contributed by atoms with Crippen molar-refractivity contribution >= 4 is 79.4 Å². The summed E-state index contributed by atoms with van der Waals surface area (Å²) >= 11 is 3.02. The number of nitrogens with one attached hydrogen (secondary N) is 2. The predicted molar refractivity (Wildman–Crippen MR) is 225 cm³/mol. The van der Waals surface area contributed by atoms with Crippen molar-refractivity contribution in [2.24, 2.45) is 0 Å². The van der Waals surface area contributed by atoms with Crippen LogP contribution in [0.3, 0.4) is 0 Å². The normalized spacial score (nSPS) is 12.1. The fraction of sp³-hybridized carbons (Fsp3) is 0.0417. The van der Waals surface area contributed by atoms with E-state index in [1.807, 2.05) is 84.9 Å². The molecule has 260 valence electrons. The van der Waals surface area contributed by atoms with Crippen LogP contribution in [0.25, 0.3) is 21.5 Å². The Labute approximate surface area is 322 Å². The molecule has 0 radical (unpaired) electrons. The SMILES string of the molecule is Cc1ccc2cc(Sc3ccc(Nc4ccccc4)c4c3C(=O)c3c(Nc5ccccc5)ccc(Sc5ccc6ccc(C)cc6c5)c3C4=O)ccc2c1. The van der Waals surface area contributed by atoms with Gasteiger partial charge in [-0.2, -0.15) is 0 Å². The van der Waals surface area contributed by atoms with Crippen molar-refractivity contribution in [1.29, 1.82) is 0 Å². The van der Waals surface area contributed by atoms with E-state index >= 15 is 9.59 Å². The summed E-state index contributed by atoms with van der Waals surface area (Å²) in [6.45, 7) is 4.18. The lowest BCUT2D eigenvalue weighted by atomic mass is 9.82. The van der Waals surface area contributed by atoms with Gasteiger partial charge in [0, 0.05) is 42.1 Å². The van der Waals surface area contributed by atoms with E-state index in [0.717, 1.165) is 52.5 Å². The molecule has 0 fully saturated rings. The van der Waals surface area contributed by atoms with Gasteiger partial charge in [0.25, 0.3) is 0 Å². The summed E-state index contributed by atoms with van der Waals surface area (Å²) in [5.74, 6) is -0.379. The number of carbonyl (C=O) groups is 2. The molecule has 4 nitrogen and oxygen atoms in total. The van der Waals surface area contributed by atoms with Crippen molar-refractivity contribution in [3.05, 3.63) is 191 Å². The van der Waals surface area contributed by atoms with Crippen LogP contribution in [0, 0.1) is 13.8 Å². The number of aryl methyl sites for hydroxylation is 2. The fourth-order valence-corrected chi connectivity index (χ4v) is 9.16. The maximum atomic E-state index is 15.3. The third kappa shape index (κ3) is 6.44. The number of rotatable bonds is 8. The molecule has 9 rings (SSSR count). The maximum Gasteiger partial charge on any atom is 0.197 e. The molecule has 0 unspecified atom stereocenters. The minimum absolute atomic E-state index is 0.190. The topological polar surface area (TPSA) is 58.2 Å². The summed E-state index contributed by atoms with van der Waals surface area (Å²) in [5, 5.41) is 11.5. The van der Waals surface area contributed by atoms with E-state index in [1.54, 1.807) is 0 Å². The minimum Gasteiger partial charge on any atom is -0.355 e. The molecule has 8 aromatic carbocycles. The molecule has 0 bridgehead atoms. The highest BCUT2D eigenvalue weighted by atomic mass is 32.2. The van der Waals surface area contributed by atoms with Gasteiger partial charge in [-0.25, -0.2) is 0 Å². The Morgan fingerprint density at radius 3 is 1.35 bits per heavy atom. The van der Waals surface area contributed by atoms with Crippen LogP contribution in [0.5, 0.6) is 0 Å². The van der Waals surface area contributed by atoms with Crippen molar-refractivity contribution in [1.82, 2.24) is 0 Å². The van der Waals surface area contributed by atoms with E-state index in [4.69, 9.17) is 0 Å². The minimum atomic E-state index is -0.190. The van der Waals surface area contributed by atoms with E-state index in [0.29, 0.717) is 33.6 Å². The highest BCUT2D eigenvalue weighted by Crippen LogP contribution is 2.47. The van der Waals surface area contributed by atoms with Gasteiger partial charge in [0.2, 0.25) is 0 Å². The molecule has 54 heavy (non-hydrogen) atoms. The first kappa shape index (κ1) is 33.7. The predicted octanol–water partition coefficient (Wildman–Crippen LogP) is 13.2. The molecule has 0 saturated heterocycles. The highest BCUT2D eigenvalue weighted by molar-refractivity contribution is 7.99. The smallest absolute Gasteiger partial charge is 0.197 e. The van der Waals surface area contributed by atoms with Crippen LogP contribution in [0.15, 0.2) is 177 Å². The van der Waals surface area contributed by atoms with Gasteiger partial charge in [-0.05, 0) is 108 Å². The second kappa shape index (κ2) is 14.0. The summed E-state index contributed by atoms with van der Waals surface area (Å²) in [4.78, 5) is 34.0. The van der Waals surface area contributed by atoms with E-state index < -0.39 is 0 Å². The summed E-state index contributed by atoms with van der Waals surface area (Å²) in [6.07, 6.45) is 0. The number of hydrogen-bond donors (Lipinski definition) is 2. The van der Waals surface area contributed by atoms with Crippen molar-refractivity contribution in [2.75, 3.05) is 10.6 Å². The summed E-state index contributed by atoms with van der Waals surface area (Å²) in [6, 6.07) is 52.8. The first-order chi connectivity index (χ1) is 26.4. The average Bonchev–Trinajstić information content (AvgIpc) is 3.18. The van der Waals surface area contributed by atoms with E-state index in [1.165, 1.54) is 34.7 Å². The molecular weight excluding hydrogens is 701 g/mol. The zero-order chi connectivity index (χ0) is 36.8. The number of para-hydroxylation sites is 2. The molecule has 0 heterocycles. The molecule has 0 aromatic heterocycles. The van der Waals surface area contributed by atoms with Gasteiger partial charge < -0.3 is 10.6 Å². The molecule has 1 aliphatic rings. The third-order valence-corrected chi connectivity index (χ3v) is 11.8. The quantitative estimate of drug-likeness (QED) is 0.162. The lowest BCUT2D eigenvalue weighted by Crippen LogP contribution is -2.25. The Morgan fingerprint density at radius 1 is 0.389 bits per heavy atom. The Morgan fingerprint density at radius 2 is 0.815 bits per heavy atom. The molecule has 0 spiro atoms. The van der Waals surface area contributed by atoms with Gasteiger partial charge in [0.05, 0.1) is 22.5 Å². The molecule has 0 saturated carbocycles. The van der Waals surface area contributed by atoms with Crippen LogP contribution in [-0.4, -0.2) is 11.6 Å². The van der Waals surface area contributed by atoms with Gasteiger partial charge in [0.1, 0.15) is 0 Å². The third-order valence-electron chi connectivity index (χ3n) is 9.74. The number of carbonyl (C=O) groups excluding carboxylic acids is 2. The zero-order valence-electron chi connectivity index (χ0n) is 29.6. The number of ketones is 2. The van der Waals surface area contributed by atoms with Gasteiger partial charge in [-0.1, -0.05) is 120 Å². The average molecular weight is 735 g/mol. The van der Waals surface area contributed by atoms with Gasteiger partial charge in [-0.3, -0.25) is 9.59 Å². The first-order valence-corrected chi connectivity index (χ1v) is 19.5. The van der Waals surface area contributed by atoms with Crippen molar-refractivity contribution in [2.45, 2.75) is 33.4 Å². The molecule has 0 amide bonds. The maximum absolute atomic E-state index is 15.3. The van der Waals surface area contributed by atoms with Gasteiger partial charge >= 0.3 is 0 Å². The Bertz CT molecular complexity index is 2780. The van der Waals surface area contributed by atoms with Crippen LogP contribution in [0.4, 0.5) is 22.7 Å². The van der Waals surface area contributed by atoms with Gasteiger partial charge in [-0.15, -0.1) is 0 Å². The second-order valence-electron chi connectivity index (χ2n) is 13.6. The fourth-order valence-electron chi connectivity index (χ4n) is 7.14. The van der Waals surface area contributed by atoms with Crippen molar-refractivity contribution < 1.29 is 9.59 Å². The van der Waals surface area contributed by atoms with Crippen LogP contribution >= 0.6 is 23.5 Å². The number of fused-ring (bicyclic) bond motifs is 4. The molecule has 2 N–H and O–H groups in total. The molecular formula is C48H34N2O2S2. The second-order valence-corrected chi connectivity index (χ2v) is 15.8. The first-order valence-electron chi connectivity index (χ1n) is 17.8. The number of anilines is 4. The highest BCUT2D eigenvalue weighted by Gasteiger charge is 2.38. The number of hydrogen-bond acceptors (Lipinski definition) is 6. The Hall–Kier alpha value is -6.08. The van der Waals surface area contributed by atoms with Crippen LogP contribution in [0.2, 0.25) is 0 Å². The summed E-state index contributed by atoms with van der Waals surface area (Å²) in [5.41, 5.74) is 6.80. The monoisotopic (exact) mass is 734 g/mol. The van der Waals surface area contributed by atoms with Crippen LogP contribution in [-0.2, 0) is 0 Å². The van der Waals surface area contributed by atoms with E-state index in [-0.39, 0.29) is 11.6 Å². The molecule has 0 atom stereocenters.